The molecule has 84 valence electrons. The third kappa shape index (κ3) is 13.2. The first-order valence-corrected chi connectivity index (χ1v) is 5.54. The zero-order valence-corrected chi connectivity index (χ0v) is 10.9. The summed E-state index contributed by atoms with van der Waals surface area (Å²) < 4.78 is 0.194. The molecule has 0 atom stereocenters. The fourth-order valence-electron chi connectivity index (χ4n) is 0.902. The summed E-state index contributed by atoms with van der Waals surface area (Å²) in [5.41, 5.74) is 1.93. The van der Waals surface area contributed by atoms with E-state index in [2.05, 4.69) is 33.4 Å². The average molecular weight is 223 g/mol. The van der Waals surface area contributed by atoms with Gasteiger partial charge in [0.1, 0.15) is 0 Å². The van der Waals surface area contributed by atoms with Crippen LogP contribution in [-0.4, -0.2) is 10.5 Å². The lowest BCUT2D eigenvalue weighted by molar-refractivity contribution is 0.812. The van der Waals surface area contributed by atoms with Crippen LogP contribution < -0.4 is 0 Å². The summed E-state index contributed by atoms with van der Waals surface area (Å²) in [5.74, 6) is 0. The van der Waals surface area contributed by atoms with Crippen LogP contribution in [0.4, 0.5) is 0 Å². The van der Waals surface area contributed by atoms with Gasteiger partial charge < -0.3 is 5.41 Å². The number of thiol groups is 1. The maximum absolute atomic E-state index is 7.23. The molecule has 0 aliphatic carbocycles. The Bertz CT molecular complexity index is 279. The van der Waals surface area contributed by atoms with Crippen LogP contribution in [-0.2, 0) is 6.42 Å². The Hall–Kier alpha value is -0.760. The van der Waals surface area contributed by atoms with Gasteiger partial charge in [-0.25, -0.2) is 0 Å². The molecule has 0 aliphatic heterocycles. The van der Waals surface area contributed by atoms with Crippen LogP contribution in [0.3, 0.4) is 0 Å². The minimum absolute atomic E-state index is 0.194. The van der Waals surface area contributed by atoms with Crippen molar-refractivity contribution in [3.05, 3.63) is 35.9 Å². The van der Waals surface area contributed by atoms with Gasteiger partial charge in [0.25, 0.3) is 0 Å². The Kier molecular flexibility index (Phi) is 6.34. The number of hydrogen-bond donors (Lipinski definition) is 2. The van der Waals surface area contributed by atoms with Crippen LogP contribution in [0.2, 0.25) is 0 Å². The Balaban J connectivity index is 0.000000336. The number of rotatable bonds is 2. The predicted molar refractivity (Wildman–Crippen MR) is 72.3 cm³/mol. The van der Waals surface area contributed by atoms with Gasteiger partial charge in [-0.15, -0.1) is 0 Å². The maximum Gasteiger partial charge on any atom is 0.0102 e. The fraction of sp³-hybridized carbons (Fsp3) is 0.462. The zero-order valence-electron chi connectivity index (χ0n) is 10.0. The molecule has 1 rings (SSSR count). The SMILES string of the molecule is CC(=N)Cc1ccccc1.CC(C)(C)S. The molecule has 0 unspecified atom stereocenters. The molecule has 0 amide bonds. The van der Waals surface area contributed by atoms with Crippen LogP contribution >= 0.6 is 12.6 Å². The molecule has 0 aliphatic rings. The second-order valence-electron chi connectivity index (χ2n) is 4.61. The van der Waals surface area contributed by atoms with Crippen molar-refractivity contribution >= 4 is 18.3 Å². The van der Waals surface area contributed by atoms with Crippen molar-refractivity contribution in [1.29, 1.82) is 5.41 Å². The lowest BCUT2D eigenvalue weighted by Gasteiger charge is -2.04. The molecule has 0 spiro atoms. The quantitative estimate of drug-likeness (QED) is 0.560. The molecule has 0 bridgehead atoms. The van der Waals surface area contributed by atoms with Gasteiger partial charge in [-0.2, -0.15) is 12.6 Å². The van der Waals surface area contributed by atoms with Gasteiger partial charge in [-0.05, 0) is 12.5 Å². The molecule has 0 saturated carbocycles. The minimum atomic E-state index is 0.194. The predicted octanol–water partition coefficient (Wildman–Crippen LogP) is 3.98. The van der Waals surface area contributed by atoms with Gasteiger partial charge in [0, 0.05) is 16.9 Å². The van der Waals surface area contributed by atoms with Crippen molar-refractivity contribution in [3.63, 3.8) is 0 Å². The van der Waals surface area contributed by atoms with Crippen LogP contribution in [0.1, 0.15) is 33.3 Å². The van der Waals surface area contributed by atoms with Crippen LogP contribution in [0, 0.1) is 5.41 Å². The molecule has 0 fully saturated rings. The lowest BCUT2D eigenvalue weighted by Crippen LogP contribution is -1.99. The summed E-state index contributed by atoms with van der Waals surface area (Å²) in [5, 5.41) is 7.23. The highest BCUT2D eigenvalue weighted by atomic mass is 32.1. The van der Waals surface area contributed by atoms with Gasteiger partial charge in [-0.3, -0.25) is 0 Å². The van der Waals surface area contributed by atoms with Crippen molar-refractivity contribution in [1.82, 2.24) is 0 Å². The van der Waals surface area contributed by atoms with E-state index in [1.54, 1.807) is 0 Å². The third-order valence-corrected chi connectivity index (χ3v) is 1.31. The van der Waals surface area contributed by atoms with Crippen molar-refractivity contribution in [2.75, 3.05) is 0 Å². The molecule has 1 aromatic rings. The first-order valence-electron chi connectivity index (χ1n) is 5.09. The minimum Gasteiger partial charge on any atom is -0.310 e. The number of hydrogen-bond acceptors (Lipinski definition) is 2. The highest BCUT2D eigenvalue weighted by molar-refractivity contribution is 7.81. The zero-order chi connectivity index (χ0) is 11.9. The van der Waals surface area contributed by atoms with Crippen LogP contribution in [0.15, 0.2) is 30.3 Å². The summed E-state index contributed by atoms with van der Waals surface area (Å²) in [7, 11) is 0. The number of benzene rings is 1. The van der Waals surface area contributed by atoms with E-state index in [4.69, 9.17) is 5.41 Å². The van der Waals surface area contributed by atoms with E-state index in [1.807, 2.05) is 37.3 Å². The Labute approximate surface area is 98.8 Å². The largest absolute Gasteiger partial charge is 0.310 e. The number of nitrogens with one attached hydrogen (secondary N) is 1. The molecular formula is C13H21NS. The van der Waals surface area contributed by atoms with Crippen molar-refractivity contribution in [3.8, 4) is 0 Å². The van der Waals surface area contributed by atoms with Crippen molar-refractivity contribution in [2.45, 2.75) is 38.9 Å². The standard InChI is InChI=1S/C9H11N.C4H10S/c1-8(10)7-9-5-3-2-4-6-9;1-4(2,3)5/h2-6,10H,7H2,1H3;5H,1-3H3. The van der Waals surface area contributed by atoms with Crippen molar-refractivity contribution in [2.24, 2.45) is 0 Å². The Morgan fingerprint density at radius 2 is 1.60 bits per heavy atom. The van der Waals surface area contributed by atoms with Crippen LogP contribution in [0.5, 0.6) is 0 Å². The normalized spacial score (nSPS) is 10.2. The second kappa shape index (κ2) is 6.67. The van der Waals surface area contributed by atoms with Gasteiger partial charge in [0.2, 0.25) is 0 Å². The molecule has 1 nitrogen and oxygen atoms in total. The van der Waals surface area contributed by atoms with E-state index >= 15 is 0 Å². The molecule has 0 aromatic heterocycles. The summed E-state index contributed by atoms with van der Waals surface area (Å²) in [4.78, 5) is 0. The van der Waals surface area contributed by atoms with E-state index in [0.717, 1.165) is 6.42 Å². The average Bonchev–Trinajstić information content (AvgIpc) is 2.01. The van der Waals surface area contributed by atoms with Crippen molar-refractivity contribution < 1.29 is 0 Å². The molecule has 2 heteroatoms. The van der Waals surface area contributed by atoms with Crippen LogP contribution in [0.25, 0.3) is 0 Å². The first kappa shape index (κ1) is 14.2. The highest BCUT2D eigenvalue weighted by Gasteiger charge is 1.96. The van der Waals surface area contributed by atoms with E-state index < -0.39 is 0 Å². The maximum atomic E-state index is 7.23. The van der Waals surface area contributed by atoms with Gasteiger partial charge in [0.15, 0.2) is 0 Å². The fourth-order valence-corrected chi connectivity index (χ4v) is 0.902. The highest BCUT2D eigenvalue weighted by Crippen LogP contribution is 2.07. The topological polar surface area (TPSA) is 23.9 Å². The summed E-state index contributed by atoms with van der Waals surface area (Å²) >= 11 is 4.12. The lowest BCUT2D eigenvalue weighted by atomic mass is 10.1. The Morgan fingerprint density at radius 1 is 1.20 bits per heavy atom. The van der Waals surface area contributed by atoms with Gasteiger partial charge >= 0.3 is 0 Å². The van der Waals surface area contributed by atoms with Gasteiger partial charge in [0.05, 0.1) is 0 Å². The van der Waals surface area contributed by atoms with E-state index in [-0.39, 0.29) is 4.75 Å². The summed E-state index contributed by atoms with van der Waals surface area (Å²) in [6, 6.07) is 10.1. The van der Waals surface area contributed by atoms with E-state index in [0.29, 0.717) is 5.71 Å². The first-order chi connectivity index (χ1) is 6.79. The summed E-state index contributed by atoms with van der Waals surface area (Å²) in [6.45, 7) is 7.98. The second-order valence-corrected chi connectivity index (χ2v) is 5.96. The van der Waals surface area contributed by atoms with E-state index in [1.165, 1.54) is 5.56 Å². The Morgan fingerprint density at radius 3 is 1.93 bits per heavy atom. The molecule has 15 heavy (non-hydrogen) atoms. The van der Waals surface area contributed by atoms with Gasteiger partial charge in [-0.1, -0.05) is 51.1 Å². The summed E-state index contributed by atoms with van der Waals surface area (Å²) in [6.07, 6.45) is 0.779. The third-order valence-electron chi connectivity index (χ3n) is 1.31. The van der Waals surface area contributed by atoms with E-state index in [9.17, 15) is 0 Å². The monoisotopic (exact) mass is 223 g/mol. The molecule has 0 heterocycles. The molecule has 1 N–H and O–H groups in total. The molecular weight excluding hydrogens is 202 g/mol. The smallest absolute Gasteiger partial charge is 0.0102 e. The molecule has 1 aromatic carbocycles. The molecule has 0 radical (unpaired) electrons. The molecule has 0 saturated heterocycles.